The summed E-state index contributed by atoms with van der Waals surface area (Å²) in [5.41, 5.74) is 5.67. The van der Waals surface area contributed by atoms with Crippen molar-refractivity contribution in [3.05, 3.63) is 150 Å². The molecule has 0 aliphatic carbocycles. The van der Waals surface area contributed by atoms with Crippen molar-refractivity contribution in [2.75, 3.05) is 20.3 Å². The lowest BCUT2D eigenvalue weighted by atomic mass is 10.1. The normalized spacial score (nSPS) is 10.8. The number of rotatable bonds is 14. The Kier molecular flexibility index (Phi) is 9.82. The standard InChI is InChI=1S/C39H34N2O5/c1-43-22-23-44-36-21-20-32(24-31(36)26-42)41-25-35(33-16-8-10-18-37(33)45-27-29-12-4-2-5-13-29)40-39(41)34-17-9-11-19-38(34)46-28-30-14-6-3-7-15-30/h2-21,24-26H,22-23,27-28H2,1H3. The van der Waals surface area contributed by atoms with Crippen LogP contribution in [0.1, 0.15) is 21.5 Å². The molecule has 0 atom stereocenters. The van der Waals surface area contributed by atoms with Gasteiger partial charge in [0.2, 0.25) is 0 Å². The number of carbonyl (C=O) groups is 1. The average molecular weight is 611 g/mol. The second kappa shape index (κ2) is 14.9. The third kappa shape index (κ3) is 7.17. The van der Waals surface area contributed by atoms with Crippen LogP contribution in [0.15, 0.2) is 134 Å². The molecule has 0 fully saturated rings. The molecule has 0 saturated heterocycles. The van der Waals surface area contributed by atoms with Gasteiger partial charge in [-0.15, -0.1) is 0 Å². The second-order valence-corrected chi connectivity index (χ2v) is 10.5. The largest absolute Gasteiger partial charge is 0.490 e. The van der Waals surface area contributed by atoms with E-state index in [1.54, 1.807) is 19.2 Å². The summed E-state index contributed by atoms with van der Waals surface area (Å²) in [6, 6.07) is 41.3. The first-order valence-corrected chi connectivity index (χ1v) is 15.1. The maximum Gasteiger partial charge on any atom is 0.153 e. The number of ether oxygens (including phenoxy) is 4. The number of benzene rings is 5. The minimum atomic E-state index is 0.336. The van der Waals surface area contributed by atoms with Gasteiger partial charge in [0, 0.05) is 24.6 Å². The Hall–Kier alpha value is -5.66. The molecule has 7 heteroatoms. The molecule has 0 N–H and O–H groups in total. The molecule has 0 radical (unpaired) electrons. The molecule has 6 rings (SSSR count). The molecule has 1 aromatic heterocycles. The van der Waals surface area contributed by atoms with Crippen LogP contribution in [-0.4, -0.2) is 36.2 Å². The molecule has 46 heavy (non-hydrogen) atoms. The molecule has 5 aromatic carbocycles. The van der Waals surface area contributed by atoms with Gasteiger partial charge < -0.3 is 18.9 Å². The number of hydrogen-bond donors (Lipinski definition) is 0. The zero-order valence-electron chi connectivity index (χ0n) is 25.5. The van der Waals surface area contributed by atoms with Gasteiger partial charge in [-0.2, -0.15) is 0 Å². The molecular weight excluding hydrogens is 576 g/mol. The lowest BCUT2D eigenvalue weighted by Gasteiger charge is -2.14. The van der Waals surface area contributed by atoms with E-state index >= 15 is 0 Å². The monoisotopic (exact) mass is 610 g/mol. The van der Waals surface area contributed by atoms with Crippen LogP contribution in [-0.2, 0) is 18.0 Å². The number of nitrogens with zero attached hydrogens (tertiary/aromatic N) is 2. The molecule has 0 saturated carbocycles. The summed E-state index contributed by atoms with van der Waals surface area (Å²) in [6.45, 7) is 1.59. The van der Waals surface area contributed by atoms with Gasteiger partial charge in [-0.1, -0.05) is 84.9 Å². The van der Waals surface area contributed by atoms with Crippen LogP contribution < -0.4 is 14.2 Å². The van der Waals surface area contributed by atoms with E-state index in [1.807, 2.05) is 126 Å². The number of para-hydroxylation sites is 2. The first kappa shape index (κ1) is 30.4. The molecule has 0 unspecified atom stereocenters. The molecule has 7 nitrogen and oxygen atoms in total. The third-order valence-corrected chi connectivity index (χ3v) is 7.41. The Morgan fingerprint density at radius 3 is 1.85 bits per heavy atom. The van der Waals surface area contributed by atoms with Gasteiger partial charge >= 0.3 is 0 Å². The van der Waals surface area contributed by atoms with Gasteiger partial charge in [0.15, 0.2) is 6.29 Å². The molecule has 0 aliphatic rings. The summed E-state index contributed by atoms with van der Waals surface area (Å²) in [5.74, 6) is 2.55. The van der Waals surface area contributed by atoms with Crippen molar-refractivity contribution < 1.29 is 23.7 Å². The Balaban J connectivity index is 1.42. The van der Waals surface area contributed by atoms with Crippen LogP contribution in [0.25, 0.3) is 28.3 Å². The summed E-state index contributed by atoms with van der Waals surface area (Å²) in [6.07, 6.45) is 2.76. The first-order valence-electron chi connectivity index (χ1n) is 15.1. The van der Waals surface area contributed by atoms with Gasteiger partial charge in [0.25, 0.3) is 0 Å². The Morgan fingerprint density at radius 2 is 1.22 bits per heavy atom. The number of hydrogen-bond acceptors (Lipinski definition) is 6. The zero-order valence-corrected chi connectivity index (χ0v) is 25.5. The van der Waals surface area contributed by atoms with Gasteiger partial charge in [0.05, 0.1) is 23.4 Å². The highest BCUT2D eigenvalue weighted by Crippen LogP contribution is 2.37. The van der Waals surface area contributed by atoms with E-state index in [4.69, 9.17) is 23.9 Å². The number of imidazole rings is 1. The summed E-state index contributed by atoms with van der Waals surface area (Å²) >= 11 is 0. The summed E-state index contributed by atoms with van der Waals surface area (Å²) in [5, 5.41) is 0. The van der Waals surface area contributed by atoms with Crippen molar-refractivity contribution >= 4 is 6.29 Å². The quantitative estimate of drug-likeness (QED) is 0.0915. The topological polar surface area (TPSA) is 71.8 Å². The third-order valence-electron chi connectivity index (χ3n) is 7.41. The summed E-state index contributed by atoms with van der Waals surface area (Å²) in [4.78, 5) is 17.3. The lowest BCUT2D eigenvalue weighted by molar-refractivity contribution is 0.111. The summed E-state index contributed by atoms with van der Waals surface area (Å²) in [7, 11) is 1.61. The smallest absolute Gasteiger partial charge is 0.153 e. The number of aldehydes is 1. The van der Waals surface area contributed by atoms with E-state index in [-0.39, 0.29) is 0 Å². The van der Waals surface area contributed by atoms with Crippen LogP contribution in [0.2, 0.25) is 0 Å². The Bertz CT molecular complexity index is 1890. The van der Waals surface area contributed by atoms with Crippen LogP contribution in [0.5, 0.6) is 17.2 Å². The molecule has 0 spiro atoms. The van der Waals surface area contributed by atoms with E-state index in [0.717, 1.165) is 34.2 Å². The van der Waals surface area contributed by atoms with Crippen molar-refractivity contribution in [3.63, 3.8) is 0 Å². The van der Waals surface area contributed by atoms with E-state index in [2.05, 4.69) is 0 Å². The molecular formula is C39H34N2O5. The first-order chi connectivity index (χ1) is 22.7. The van der Waals surface area contributed by atoms with Crippen molar-refractivity contribution in [2.45, 2.75) is 13.2 Å². The van der Waals surface area contributed by atoms with E-state index < -0.39 is 0 Å². The van der Waals surface area contributed by atoms with Crippen LogP contribution >= 0.6 is 0 Å². The fraction of sp³-hybridized carbons (Fsp3) is 0.128. The molecule has 1 heterocycles. The predicted octanol–water partition coefficient (Wildman–Crippen LogP) is 8.20. The molecule has 0 bridgehead atoms. The Morgan fingerprint density at radius 1 is 0.630 bits per heavy atom. The number of methoxy groups -OCH3 is 1. The fourth-order valence-corrected chi connectivity index (χ4v) is 5.09. The van der Waals surface area contributed by atoms with E-state index in [0.29, 0.717) is 60.8 Å². The fourth-order valence-electron chi connectivity index (χ4n) is 5.09. The SMILES string of the molecule is COCCOc1ccc(-n2cc(-c3ccccc3OCc3ccccc3)nc2-c2ccccc2OCc2ccccc2)cc1C=O. The minimum Gasteiger partial charge on any atom is -0.490 e. The maximum absolute atomic E-state index is 12.2. The summed E-state index contributed by atoms with van der Waals surface area (Å²) < 4.78 is 25.5. The minimum absolute atomic E-state index is 0.336. The van der Waals surface area contributed by atoms with Gasteiger partial charge in [-0.25, -0.2) is 4.98 Å². The number of aromatic nitrogens is 2. The van der Waals surface area contributed by atoms with Crippen molar-refractivity contribution in [1.29, 1.82) is 0 Å². The lowest BCUT2D eigenvalue weighted by Crippen LogP contribution is -2.06. The van der Waals surface area contributed by atoms with Crippen molar-refractivity contribution in [1.82, 2.24) is 9.55 Å². The van der Waals surface area contributed by atoms with E-state index in [9.17, 15) is 4.79 Å². The van der Waals surface area contributed by atoms with Crippen LogP contribution in [0.3, 0.4) is 0 Å². The maximum atomic E-state index is 12.2. The zero-order chi connectivity index (χ0) is 31.6. The highest BCUT2D eigenvalue weighted by Gasteiger charge is 2.20. The van der Waals surface area contributed by atoms with Crippen molar-refractivity contribution in [3.8, 4) is 45.6 Å². The Labute approximate surface area is 268 Å². The van der Waals surface area contributed by atoms with Crippen LogP contribution in [0, 0.1) is 0 Å². The van der Waals surface area contributed by atoms with Gasteiger partial charge in [-0.05, 0) is 53.6 Å². The molecule has 0 amide bonds. The average Bonchev–Trinajstić information content (AvgIpc) is 3.56. The highest BCUT2D eigenvalue weighted by atomic mass is 16.5. The van der Waals surface area contributed by atoms with Gasteiger partial charge in [0.1, 0.15) is 42.9 Å². The molecule has 6 aromatic rings. The van der Waals surface area contributed by atoms with Gasteiger partial charge in [-0.3, -0.25) is 9.36 Å². The number of carbonyl (C=O) groups excluding carboxylic acids is 1. The highest BCUT2D eigenvalue weighted by molar-refractivity contribution is 5.81. The molecule has 230 valence electrons. The van der Waals surface area contributed by atoms with E-state index in [1.165, 1.54) is 0 Å². The molecule has 0 aliphatic heterocycles. The second-order valence-electron chi connectivity index (χ2n) is 10.5. The predicted molar refractivity (Wildman–Crippen MR) is 179 cm³/mol. The van der Waals surface area contributed by atoms with Crippen LogP contribution in [0.4, 0.5) is 0 Å². The van der Waals surface area contributed by atoms with Crippen molar-refractivity contribution in [2.24, 2.45) is 0 Å².